The molecule has 0 aromatic carbocycles. The number of hydrogen-bond acceptors (Lipinski definition) is 4. The van der Waals surface area contributed by atoms with Crippen LogP contribution in [0.1, 0.15) is 16.1 Å². The fourth-order valence-electron chi connectivity index (χ4n) is 1.59. The zero-order valence-electron chi connectivity index (χ0n) is 11.0. The van der Waals surface area contributed by atoms with Crippen LogP contribution < -0.4 is 5.32 Å². The molecule has 6 nitrogen and oxygen atoms in total. The molecule has 0 atom stereocenters. The van der Waals surface area contributed by atoms with Gasteiger partial charge in [0.15, 0.2) is 0 Å². The summed E-state index contributed by atoms with van der Waals surface area (Å²) in [7, 11) is 1.68. The number of rotatable bonds is 4. The van der Waals surface area contributed by atoms with E-state index in [-0.39, 0.29) is 11.7 Å². The molecule has 0 saturated carbocycles. The highest BCUT2D eigenvalue weighted by Crippen LogP contribution is 2.21. The maximum atomic E-state index is 12.0. The molecule has 0 spiro atoms. The zero-order valence-corrected chi connectivity index (χ0v) is 13.4. The van der Waals surface area contributed by atoms with Gasteiger partial charge in [0.2, 0.25) is 0 Å². The lowest BCUT2D eigenvalue weighted by atomic mass is 10.3. The van der Waals surface area contributed by atoms with Crippen LogP contribution in [0.2, 0.25) is 0 Å². The van der Waals surface area contributed by atoms with Gasteiger partial charge in [-0.3, -0.25) is 0 Å². The summed E-state index contributed by atoms with van der Waals surface area (Å²) in [5, 5.41) is 13.4. The first-order chi connectivity index (χ1) is 9.95. The molecule has 0 radical (unpaired) electrons. The fraction of sp³-hybridized carbons (Fsp3) is 0.154. The lowest BCUT2D eigenvalue weighted by Crippen LogP contribution is -2.30. The van der Waals surface area contributed by atoms with E-state index < -0.39 is 5.97 Å². The van der Waals surface area contributed by atoms with Crippen molar-refractivity contribution in [3.63, 3.8) is 0 Å². The number of urea groups is 1. The number of nitrogens with zero attached hydrogens (tertiary/aromatic N) is 2. The summed E-state index contributed by atoms with van der Waals surface area (Å²) in [6.07, 6.45) is 1.32. The Morgan fingerprint density at radius 2 is 2.24 bits per heavy atom. The molecule has 2 N–H and O–H groups in total. The van der Waals surface area contributed by atoms with E-state index in [0.29, 0.717) is 12.2 Å². The molecule has 0 saturated heterocycles. The second kappa shape index (κ2) is 6.68. The number of pyridine rings is 1. The topological polar surface area (TPSA) is 82.5 Å². The van der Waals surface area contributed by atoms with E-state index in [1.54, 1.807) is 18.4 Å². The smallest absolute Gasteiger partial charge is 0.354 e. The van der Waals surface area contributed by atoms with Crippen molar-refractivity contribution < 1.29 is 14.7 Å². The molecule has 0 aliphatic rings. The van der Waals surface area contributed by atoms with Crippen LogP contribution in [0, 0.1) is 0 Å². The molecule has 21 heavy (non-hydrogen) atoms. The molecule has 0 bridgehead atoms. The Balaban J connectivity index is 1.95. The van der Waals surface area contributed by atoms with Gasteiger partial charge in [-0.1, -0.05) is 0 Å². The SMILES string of the molecule is CN(Cc1csc(Br)c1)C(=O)Nc1ccc(C(=O)O)nc1. The maximum Gasteiger partial charge on any atom is 0.354 e. The first kappa shape index (κ1) is 15.5. The number of carbonyl (C=O) groups is 2. The molecule has 0 aliphatic carbocycles. The molecule has 2 aromatic heterocycles. The van der Waals surface area contributed by atoms with Crippen molar-refractivity contribution in [1.29, 1.82) is 0 Å². The summed E-state index contributed by atoms with van der Waals surface area (Å²) < 4.78 is 1.01. The zero-order chi connectivity index (χ0) is 15.4. The summed E-state index contributed by atoms with van der Waals surface area (Å²) >= 11 is 4.93. The monoisotopic (exact) mass is 369 g/mol. The van der Waals surface area contributed by atoms with Crippen molar-refractivity contribution in [1.82, 2.24) is 9.88 Å². The van der Waals surface area contributed by atoms with Crippen molar-refractivity contribution in [3.8, 4) is 0 Å². The van der Waals surface area contributed by atoms with Gasteiger partial charge in [-0.2, -0.15) is 0 Å². The average Bonchev–Trinajstić information content (AvgIpc) is 2.84. The molecule has 0 unspecified atom stereocenters. The summed E-state index contributed by atoms with van der Waals surface area (Å²) in [5.74, 6) is -1.10. The van der Waals surface area contributed by atoms with Crippen LogP contribution >= 0.6 is 27.3 Å². The number of nitrogens with one attached hydrogen (secondary N) is 1. The largest absolute Gasteiger partial charge is 0.477 e. The molecule has 0 fully saturated rings. The van der Waals surface area contributed by atoms with Gasteiger partial charge in [-0.05, 0) is 45.1 Å². The minimum absolute atomic E-state index is 0.0653. The lowest BCUT2D eigenvalue weighted by Gasteiger charge is -2.17. The third-order valence-electron chi connectivity index (χ3n) is 2.62. The molecule has 2 aromatic rings. The van der Waals surface area contributed by atoms with E-state index in [9.17, 15) is 9.59 Å². The highest BCUT2D eigenvalue weighted by molar-refractivity contribution is 9.11. The number of aromatic carboxylic acids is 1. The number of halogens is 1. The van der Waals surface area contributed by atoms with Gasteiger partial charge in [0.25, 0.3) is 0 Å². The number of hydrogen-bond donors (Lipinski definition) is 2. The lowest BCUT2D eigenvalue weighted by molar-refractivity contribution is 0.0690. The van der Waals surface area contributed by atoms with Crippen molar-refractivity contribution in [3.05, 3.63) is 44.8 Å². The number of thiophene rings is 1. The van der Waals surface area contributed by atoms with Crippen LogP contribution in [0.4, 0.5) is 10.5 Å². The van der Waals surface area contributed by atoms with E-state index in [1.165, 1.54) is 23.2 Å². The third-order valence-corrected chi connectivity index (χ3v) is 4.18. The first-order valence-electron chi connectivity index (χ1n) is 5.90. The van der Waals surface area contributed by atoms with Crippen molar-refractivity contribution in [2.45, 2.75) is 6.54 Å². The van der Waals surface area contributed by atoms with E-state index in [2.05, 4.69) is 26.2 Å². The molecule has 2 amide bonds. The minimum atomic E-state index is -1.10. The standard InChI is InChI=1S/C13H12BrN3O3S/c1-17(6-8-4-11(14)21-7-8)13(20)16-9-2-3-10(12(18)19)15-5-9/h2-5,7H,6H2,1H3,(H,16,20)(H,18,19). The normalized spacial score (nSPS) is 10.2. The summed E-state index contributed by atoms with van der Waals surface area (Å²) in [5.41, 5.74) is 1.41. The Bertz CT molecular complexity index is 657. The number of anilines is 1. The van der Waals surface area contributed by atoms with Crippen LogP contribution in [0.15, 0.2) is 33.6 Å². The second-order valence-electron chi connectivity index (χ2n) is 4.28. The van der Waals surface area contributed by atoms with Crippen LogP contribution in [0.3, 0.4) is 0 Å². The van der Waals surface area contributed by atoms with Gasteiger partial charge < -0.3 is 15.3 Å². The molecule has 8 heteroatoms. The summed E-state index contributed by atoms with van der Waals surface area (Å²) in [6.45, 7) is 0.481. The van der Waals surface area contributed by atoms with Crippen LogP contribution in [-0.4, -0.2) is 34.0 Å². The summed E-state index contributed by atoms with van der Waals surface area (Å²) in [6, 6.07) is 4.51. The molecular weight excluding hydrogens is 358 g/mol. The molecule has 0 aliphatic heterocycles. The Labute approximate surface area is 133 Å². The van der Waals surface area contributed by atoms with E-state index >= 15 is 0 Å². The Hall–Kier alpha value is -1.93. The maximum absolute atomic E-state index is 12.0. The highest BCUT2D eigenvalue weighted by Gasteiger charge is 2.11. The third kappa shape index (κ3) is 4.27. The van der Waals surface area contributed by atoms with E-state index in [1.807, 2.05) is 11.4 Å². The average molecular weight is 370 g/mol. The Morgan fingerprint density at radius 3 is 2.76 bits per heavy atom. The number of carbonyl (C=O) groups excluding carboxylic acids is 1. The van der Waals surface area contributed by atoms with E-state index in [4.69, 9.17) is 5.11 Å². The van der Waals surface area contributed by atoms with Gasteiger partial charge in [0.1, 0.15) is 5.69 Å². The molecule has 110 valence electrons. The van der Waals surface area contributed by atoms with E-state index in [0.717, 1.165) is 9.35 Å². The van der Waals surface area contributed by atoms with Crippen LogP contribution in [0.5, 0.6) is 0 Å². The molecule has 2 heterocycles. The van der Waals surface area contributed by atoms with Crippen molar-refractivity contribution in [2.75, 3.05) is 12.4 Å². The van der Waals surface area contributed by atoms with Gasteiger partial charge in [0.05, 0.1) is 15.7 Å². The van der Waals surface area contributed by atoms with Crippen LogP contribution in [-0.2, 0) is 6.54 Å². The van der Waals surface area contributed by atoms with Gasteiger partial charge >= 0.3 is 12.0 Å². The Morgan fingerprint density at radius 1 is 1.48 bits per heavy atom. The van der Waals surface area contributed by atoms with Crippen LogP contribution in [0.25, 0.3) is 0 Å². The Kier molecular flexibility index (Phi) is 4.92. The second-order valence-corrected chi connectivity index (χ2v) is 6.57. The quantitative estimate of drug-likeness (QED) is 0.866. The number of carboxylic acid groups (broad SMARTS) is 1. The van der Waals surface area contributed by atoms with Crippen molar-refractivity contribution in [2.24, 2.45) is 0 Å². The van der Waals surface area contributed by atoms with Crippen molar-refractivity contribution >= 4 is 45.0 Å². The number of carboxylic acids is 1. The predicted molar refractivity (Wildman–Crippen MR) is 83.7 cm³/mol. The first-order valence-corrected chi connectivity index (χ1v) is 7.57. The summed E-state index contributed by atoms with van der Waals surface area (Å²) in [4.78, 5) is 28.0. The highest BCUT2D eigenvalue weighted by atomic mass is 79.9. The number of amides is 2. The van der Waals surface area contributed by atoms with Gasteiger partial charge in [-0.15, -0.1) is 11.3 Å². The number of aromatic nitrogens is 1. The predicted octanol–water partition coefficient (Wildman–Crippen LogP) is 3.27. The fourth-order valence-corrected chi connectivity index (χ4v) is 2.79. The van der Waals surface area contributed by atoms with Gasteiger partial charge in [-0.25, -0.2) is 14.6 Å². The molecular formula is C13H12BrN3O3S. The van der Waals surface area contributed by atoms with Gasteiger partial charge in [0, 0.05) is 13.6 Å². The molecule has 2 rings (SSSR count). The minimum Gasteiger partial charge on any atom is -0.477 e.